The van der Waals surface area contributed by atoms with Gasteiger partial charge >= 0.3 is 7.82 Å². The molecule has 0 aliphatic rings. The second-order valence-corrected chi connectivity index (χ2v) is 4.99. The fourth-order valence-electron chi connectivity index (χ4n) is 1.21. The van der Waals surface area contributed by atoms with Crippen molar-refractivity contribution >= 4 is 19.4 Å². The zero-order valence-electron chi connectivity index (χ0n) is 9.74. The lowest BCUT2D eigenvalue weighted by Gasteiger charge is -2.13. The molecule has 5 N–H and O–H groups in total. The van der Waals surface area contributed by atoms with E-state index < -0.39 is 26.4 Å². The van der Waals surface area contributed by atoms with Crippen LogP contribution in [0, 0.1) is 6.92 Å². The largest absolute Gasteiger partial charge is 0.469 e. The van der Waals surface area contributed by atoms with Crippen LogP contribution >= 0.6 is 7.82 Å². The summed E-state index contributed by atoms with van der Waals surface area (Å²) >= 11 is 0. The maximum atomic E-state index is 11.6. The number of phosphoric acid groups is 1. The maximum absolute atomic E-state index is 11.6. The van der Waals surface area contributed by atoms with E-state index in [1.165, 1.54) is 0 Å². The van der Waals surface area contributed by atoms with Gasteiger partial charge in [-0.05, 0) is 24.6 Å². The first kappa shape index (κ1) is 14.8. The molecule has 0 saturated carbocycles. The molecule has 18 heavy (non-hydrogen) atoms. The van der Waals surface area contributed by atoms with E-state index in [0.717, 1.165) is 5.56 Å². The summed E-state index contributed by atoms with van der Waals surface area (Å²) in [6.45, 7) is 1.31. The summed E-state index contributed by atoms with van der Waals surface area (Å²) in [4.78, 5) is 28.5. The molecular formula is C10H15N2O5P. The molecule has 1 aromatic rings. The van der Waals surface area contributed by atoms with E-state index in [4.69, 9.17) is 15.5 Å². The molecule has 1 rings (SSSR count). The lowest BCUT2D eigenvalue weighted by atomic mass is 10.2. The Hall–Kier alpha value is -1.24. The van der Waals surface area contributed by atoms with Crippen LogP contribution in [0.2, 0.25) is 0 Å². The van der Waals surface area contributed by atoms with Gasteiger partial charge in [0.15, 0.2) is 0 Å². The number of hydrogen-bond donors (Lipinski definition) is 4. The van der Waals surface area contributed by atoms with Gasteiger partial charge < -0.3 is 20.8 Å². The van der Waals surface area contributed by atoms with Gasteiger partial charge in [0, 0.05) is 5.69 Å². The number of amides is 1. The number of nitrogens with one attached hydrogen (secondary N) is 1. The van der Waals surface area contributed by atoms with E-state index in [-0.39, 0.29) is 0 Å². The van der Waals surface area contributed by atoms with Crippen molar-refractivity contribution in [3.05, 3.63) is 29.8 Å². The van der Waals surface area contributed by atoms with E-state index in [1.54, 1.807) is 18.2 Å². The van der Waals surface area contributed by atoms with Crippen molar-refractivity contribution in [3.8, 4) is 0 Å². The molecule has 0 fully saturated rings. The minimum Gasteiger partial charge on any atom is -0.325 e. The Kier molecular flexibility index (Phi) is 5.01. The Bertz CT molecular complexity index is 473. The standard InChI is InChI=1S/C10H15N2O5P/c1-7-3-2-4-8(5-7)12-10(13)9(11)6-17-18(14,15)16/h2-5,9H,6,11H2,1H3,(H,12,13)(H2,14,15,16). The number of aryl methyl sites for hydroxylation is 1. The molecule has 1 amide bonds. The van der Waals surface area contributed by atoms with Gasteiger partial charge in [0.05, 0.1) is 6.61 Å². The molecule has 0 saturated heterocycles. The van der Waals surface area contributed by atoms with Gasteiger partial charge in [-0.3, -0.25) is 9.32 Å². The molecule has 100 valence electrons. The highest BCUT2D eigenvalue weighted by Gasteiger charge is 2.20. The van der Waals surface area contributed by atoms with Gasteiger partial charge in [-0.2, -0.15) is 0 Å². The van der Waals surface area contributed by atoms with E-state index in [0.29, 0.717) is 5.69 Å². The van der Waals surface area contributed by atoms with Crippen LogP contribution in [0.25, 0.3) is 0 Å². The topological polar surface area (TPSA) is 122 Å². The number of anilines is 1. The van der Waals surface area contributed by atoms with Crippen molar-refractivity contribution in [3.63, 3.8) is 0 Å². The Morgan fingerprint density at radius 3 is 2.78 bits per heavy atom. The van der Waals surface area contributed by atoms with Crippen LogP contribution in [-0.2, 0) is 13.9 Å². The van der Waals surface area contributed by atoms with E-state index in [1.807, 2.05) is 13.0 Å². The maximum Gasteiger partial charge on any atom is 0.469 e. The normalized spacial score (nSPS) is 13.1. The molecule has 8 heteroatoms. The molecule has 1 unspecified atom stereocenters. The predicted octanol–water partition coefficient (Wildman–Crippen LogP) is 0.370. The van der Waals surface area contributed by atoms with Gasteiger partial charge in [0.25, 0.3) is 0 Å². The number of rotatable bonds is 5. The van der Waals surface area contributed by atoms with Crippen LogP contribution in [-0.4, -0.2) is 28.3 Å². The summed E-state index contributed by atoms with van der Waals surface area (Å²) in [5.41, 5.74) is 6.96. The van der Waals surface area contributed by atoms with Crippen LogP contribution in [0.1, 0.15) is 5.56 Å². The molecule has 7 nitrogen and oxygen atoms in total. The first-order valence-corrected chi connectivity index (χ1v) is 6.64. The van der Waals surface area contributed by atoms with Gasteiger partial charge in [-0.15, -0.1) is 0 Å². The minimum atomic E-state index is -4.61. The number of hydrogen-bond acceptors (Lipinski definition) is 4. The van der Waals surface area contributed by atoms with Gasteiger partial charge in [0.2, 0.25) is 5.91 Å². The van der Waals surface area contributed by atoms with Crippen LogP contribution in [0.15, 0.2) is 24.3 Å². The first-order valence-electron chi connectivity index (χ1n) is 5.11. The smallest absolute Gasteiger partial charge is 0.325 e. The van der Waals surface area contributed by atoms with Crippen LogP contribution in [0.5, 0.6) is 0 Å². The fraction of sp³-hybridized carbons (Fsp3) is 0.300. The fourth-order valence-corrected chi connectivity index (χ4v) is 1.57. The van der Waals surface area contributed by atoms with E-state index in [9.17, 15) is 9.36 Å². The van der Waals surface area contributed by atoms with Crippen LogP contribution in [0.3, 0.4) is 0 Å². The molecule has 1 aromatic carbocycles. The van der Waals surface area contributed by atoms with E-state index in [2.05, 4.69) is 9.84 Å². The summed E-state index contributed by atoms with van der Waals surface area (Å²) < 4.78 is 14.6. The lowest BCUT2D eigenvalue weighted by molar-refractivity contribution is -0.118. The van der Waals surface area contributed by atoms with Crippen molar-refractivity contribution in [1.29, 1.82) is 0 Å². The Morgan fingerprint density at radius 2 is 2.22 bits per heavy atom. The Labute approximate surface area is 104 Å². The average Bonchev–Trinajstić information content (AvgIpc) is 2.24. The average molecular weight is 274 g/mol. The molecule has 0 aliphatic carbocycles. The molecule has 0 heterocycles. The summed E-state index contributed by atoms with van der Waals surface area (Å²) in [7, 11) is -4.61. The molecule has 0 bridgehead atoms. The number of carbonyl (C=O) groups is 1. The number of benzene rings is 1. The lowest BCUT2D eigenvalue weighted by Crippen LogP contribution is -2.39. The zero-order valence-corrected chi connectivity index (χ0v) is 10.6. The summed E-state index contributed by atoms with van der Waals surface area (Å²) in [6, 6.07) is 5.91. The zero-order chi connectivity index (χ0) is 13.8. The molecule has 0 aromatic heterocycles. The Balaban J connectivity index is 2.52. The quantitative estimate of drug-likeness (QED) is 0.575. The molecular weight excluding hydrogens is 259 g/mol. The molecule has 0 radical (unpaired) electrons. The number of nitrogens with two attached hydrogens (primary N) is 1. The SMILES string of the molecule is Cc1cccc(NC(=O)C(N)COP(=O)(O)O)c1. The second kappa shape index (κ2) is 6.08. The van der Waals surface area contributed by atoms with Crippen molar-refractivity contribution < 1.29 is 23.7 Å². The third-order valence-corrected chi connectivity index (χ3v) is 2.53. The van der Waals surface area contributed by atoms with Crippen molar-refractivity contribution in [2.24, 2.45) is 5.73 Å². The predicted molar refractivity (Wildman–Crippen MR) is 65.8 cm³/mol. The van der Waals surface area contributed by atoms with Gasteiger partial charge in [-0.1, -0.05) is 12.1 Å². The minimum absolute atomic E-state index is 0.554. The third kappa shape index (κ3) is 5.39. The van der Waals surface area contributed by atoms with Gasteiger partial charge in [-0.25, -0.2) is 4.57 Å². The van der Waals surface area contributed by atoms with E-state index >= 15 is 0 Å². The van der Waals surface area contributed by atoms with Crippen molar-refractivity contribution in [2.75, 3.05) is 11.9 Å². The first-order chi connectivity index (χ1) is 8.28. The highest BCUT2D eigenvalue weighted by Crippen LogP contribution is 2.35. The molecule has 0 aliphatic heterocycles. The summed E-state index contributed by atoms with van der Waals surface area (Å²) in [5.74, 6) is -0.575. The van der Waals surface area contributed by atoms with Crippen LogP contribution in [0.4, 0.5) is 5.69 Å². The number of carbonyl (C=O) groups excluding carboxylic acids is 1. The number of phosphoric ester groups is 1. The van der Waals surface area contributed by atoms with Crippen molar-refractivity contribution in [2.45, 2.75) is 13.0 Å². The van der Waals surface area contributed by atoms with Crippen LogP contribution < -0.4 is 11.1 Å². The van der Waals surface area contributed by atoms with Crippen molar-refractivity contribution in [1.82, 2.24) is 0 Å². The highest BCUT2D eigenvalue weighted by molar-refractivity contribution is 7.46. The summed E-state index contributed by atoms with van der Waals surface area (Å²) in [5, 5.41) is 2.52. The second-order valence-electron chi connectivity index (χ2n) is 3.75. The monoisotopic (exact) mass is 274 g/mol. The third-order valence-electron chi connectivity index (χ3n) is 2.04. The molecule has 1 atom stereocenters. The molecule has 0 spiro atoms. The van der Waals surface area contributed by atoms with Gasteiger partial charge in [0.1, 0.15) is 6.04 Å². The summed E-state index contributed by atoms with van der Waals surface area (Å²) in [6.07, 6.45) is 0. The Morgan fingerprint density at radius 1 is 1.56 bits per heavy atom. The highest BCUT2D eigenvalue weighted by atomic mass is 31.2.